The van der Waals surface area contributed by atoms with Gasteiger partial charge in [-0.3, -0.25) is 4.90 Å². The topological polar surface area (TPSA) is 74.3 Å². The highest BCUT2D eigenvalue weighted by atomic mass is 16.6. The van der Waals surface area contributed by atoms with Crippen LogP contribution < -0.4 is 5.32 Å². The molecule has 6 atom stereocenters. The number of ether oxygens (including phenoxy) is 2. The summed E-state index contributed by atoms with van der Waals surface area (Å²) in [4.78, 5) is 15.3. The number of fused-ring (bicyclic) bond motifs is 3. The fourth-order valence-electron chi connectivity index (χ4n) is 6.79. The molecule has 2 unspecified atom stereocenters. The molecule has 6 heteroatoms. The lowest BCUT2D eigenvalue weighted by molar-refractivity contribution is -0.138. The van der Waals surface area contributed by atoms with E-state index in [0.29, 0.717) is 12.0 Å². The summed E-state index contributed by atoms with van der Waals surface area (Å²) < 4.78 is 11.2. The van der Waals surface area contributed by atoms with Crippen molar-refractivity contribution in [2.24, 2.45) is 5.41 Å². The van der Waals surface area contributed by atoms with Gasteiger partial charge in [0.25, 0.3) is 0 Å². The Balaban J connectivity index is 1.67. The van der Waals surface area contributed by atoms with Gasteiger partial charge in [-0.1, -0.05) is 18.2 Å². The second-order valence-corrected chi connectivity index (χ2v) is 8.69. The first kappa shape index (κ1) is 16.1. The molecule has 3 saturated heterocycles. The molecule has 0 aromatic heterocycles. The van der Waals surface area contributed by atoms with E-state index in [1.165, 1.54) is 12.7 Å². The van der Waals surface area contributed by atoms with Crippen LogP contribution in [-0.4, -0.2) is 60.5 Å². The lowest BCUT2D eigenvalue weighted by atomic mass is 9.52. The summed E-state index contributed by atoms with van der Waals surface area (Å²) in [5.41, 5.74) is 3.15. The molecule has 142 valence electrons. The average molecular weight is 368 g/mol. The van der Waals surface area contributed by atoms with Gasteiger partial charge in [-0.05, 0) is 37.9 Å². The number of nitrogens with zero attached hydrogens (tertiary/aromatic N) is 1. The monoisotopic (exact) mass is 368 g/mol. The molecule has 27 heavy (non-hydrogen) atoms. The van der Waals surface area contributed by atoms with Crippen LogP contribution in [0.5, 0.6) is 0 Å². The second kappa shape index (κ2) is 4.93. The first-order chi connectivity index (χ1) is 13.0. The van der Waals surface area contributed by atoms with Crippen molar-refractivity contribution in [3.63, 3.8) is 0 Å². The summed E-state index contributed by atoms with van der Waals surface area (Å²) in [6, 6.07) is 8.46. The third-order valence-corrected chi connectivity index (χ3v) is 7.77. The zero-order valence-electron chi connectivity index (χ0n) is 15.6. The molecular weight excluding hydrogens is 344 g/mol. The first-order valence-corrected chi connectivity index (χ1v) is 9.80. The first-order valence-electron chi connectivity index (χ1n) is 9.80. The summed E-state index contributed by atoms with van der Waals surface area (Å²) in [7, 11) is 1.43. The van der Waals surface area contributed by atoms with Gasteiger partial charge < -0.3 is 19.9 Å². The molecule has 6 nitrogen and oxygen atoms in total. The van der Waals surface area contributed by atoms with E-state index in [9.17, 15) is 9.90 Å². The number of carbonyl (C=O) groups excluding carboxylic acids is 1. The summed E-state index contributed by atoms with van der Waals surface area (Å²) in [6.07, 6.45) is 1.01. The Morgan fingerprint density at radius 2 is 2.26 bits per heavy atom. The number of esters is 1. The summed E-state index contributed by atoms with van der Waals surface area (Å²) in [5, 5.41) is 14.6. The fraction of sp³-hybridized carbons (Fsp3) is 0.571. The minimum absolute atomic E-state index is 0.00249. The number of hydrogen-bond donors (Lipinski definition) is 2. The van der Waals surface area contributed by atoms with Crippen molar-refractivity contribution in [3.8, 4) is 0 Å². The van der Waals surface area contributed by atoms with Gasteiger partial charge in [0.05, 0.1) is 36.4 Å². The van der Waals surface area contributed by atoms with E-state index >= 15 is 0 Å². The van der Waals surface area contributed by atoms with Crippen molar-refractivity contribution < 1.29 is 19.4 Å². The van der Waals surface area contributed by atoms with Crippen LogP contribution in [0.1, 0.15) is 25.3 Å². The largest absolute Gasteiger partial charge is 0.466 e. The van der Waals surface area contributed by atoms with E-state index in [2.05, 4.69) is 28.4 Å². The number of benzene rings is 1. The van der Waals surface area contributed by atoms with E-state index in [4.69, 9.17) is 9.47 Å². The highest BCUT2D eigenvalue weighted by molar-refractivity contribution is 5.93. The van der Waals surface area contributed by atoms with Crippen molar-refractivity contribution in [2.75, 3.05) is 25.5 Å². The maximum atomic E-state index is 12.8. The molecule has 0 amide bonds. The maximum absolute atomic E-state index is 12.8. The number of carbonyl (C=O) groups is 1. The van der Waals surface area contributed by atoms with E-state index in [1.54, 1.807) is 0 Å². The standard InChI is InChI=1S/C21H24N2O4/c1-11(24)21-9-12(18(25)26-2)16-20(13-5-3-4-6-14(13)22-16)7-8-23(19(20)21)10-15-17(21)27-15/h3-6,11,15,17,19,22,24H,7-10H2,1-2H3/t11?,15-,17-,19?,20+,21+/m1/s1. The van der Waals surface area contributed by atoms with Crippen molar-refractivity contribution in [2.45, 2.75) is 49.5 Å². The molecule has 1 aliphatic carbocycles. The third-order valence-electron chi connectivity index (χ3n) is 7.77. The molecule has 2 N–H and O–H groups in total. The van der Waals surface area contributed by atoms with Gasteiger partial charge in [0.1, 0.15) is 0 Å². The number of anilines is 1. The minimum atomic E-state index is -0.579. The fourth-order valence-corrected chi connectivity index (χ4v) is 6.79. The number of methoxy groups -OCH3 is 1. The Hall–Kier alpha value is -1.89. The molecule has 5 aliphatic rings. The smallest absolute Gasteiger partial charge is 0.335 e. The van der Waals surface area contributed by atoms with Crippen LogP contribution in [0, 0.1) is 5.41 Å². The van der Waals surface area contributed by atoms with Crippen LogP contribution in [-0.2, 0) is 19.7 Å². The lowest BCUT2D eigenvalue weighted by Crippen LogP contribution is -2.66. The van der Waals surface area contributed by atoms with Gasteiger partial charge in [0, 0.05) is 29.4 Å². The Labute approximate surface area is 158 Å². The van der Waals surface area contributed by atoms with Crippen LogP contribution in [0.3, 0.4) is 0 Å². The second-order valence-electron chi connectivity index (χ2n) is 8.69. The predicted octanol–water partition coefficient (Wildman–Crippen LogP) is 1.40. The molecule has 4 heterocycles. The molecule has 3 fully saturated rings. The van der Waals surface area contributed by atoms with Crippen molar-refractivity contribution >= 4 is 11.7 Å². The molecule has 0 radical (unpaired) electrons. The molecule has 1 aromatic rings. The van der Waals surface area contributed by atoms with Gasteiger partial charge in [0.15, 0.2) is 0 Å². The quantitative estimate of drug-likeness (QED) is 0.607. The van der Waals surface area contributed by atoms with Gasteiger partial charge in [-0.25, -0.2) is 4.79 Å². The van der Waals surface area contributed by atoms with Crippen molar-refractivity contribution in [1.82, 2.24) is 4.90 Å². The van der Waals surface area contributed by atoms with Gasteiger partial charge in [-0.15, -0.1) is 0 Å². The summed E-state index contributed by atoms with van der Waals surface area (Å²) >= 11 is 0. The van der Waals surface area contributed by atoms with E-state index in [1.807, 2.05) is 13.0 Å². The molecule has 0 saturated carbocycles. The SMILES string of the molecule is COC(=O)C1=C2Nc3ccccc3[C@@]23CCN2C[C@H]4O[C@H]4[C@@](C(C)O)(C1)C23. The Bertz CT molecular complexity index is 896. The Kier molecular flexibility index (Phi) is 2.94. The normalized spacial score (nSPS) is 41.8. The lowest BCUT2D eigenvalue weighted by Gasteiger charge is -2.55. The molecule has 1 spiro atoms. The van der Waals surface area contributed by atoms with Crippen LogP contribution in [0.4, 0.5) is 5.69 Å². The average Bonchev–Trinajstić information content (AvgIpc) is 3.25. The number of hydrogen-bond acceptors (Lipinski definition) is 6. The Morgan fingerprint density at radius 3 is 3.04 bits per heavy atom. The molecule has 6 rings (SSSR count). The molecule has 0 bridgehead atoms. The summed E-state index contributed by atoms with van der Waals surface area (Å²) in [6.45, 7) is 3.72. The number of aliphatic hydroxyl groups excluding tert-OH is 1. The Morgan fingerprint density at radius 1 is 1.44 bits per heavy atom. The number of para-hydroxylation sites is 1. The summed E-state index contributed by atoms with van der Waals surface area (Å²) in [5.74, 6) is -0.302. The van der Waals surface area contributed by atoms with E-state index in [-0.39, 0.29) is 29.6 Å². The van der Waals surface area contributed by atoms with Crippen molar-refractivity contribution in [1.29, 1.82) is 0 Å². The highest BCUT2D eigenvalue weighted by Gasteiger charge is 2.75. The van der Waals surface area contributed by atoms with Gasteiger partial charge in [-0.2, -0.15) is 0 Å². The molecular formula is C21H24N2O4. The van der Waals surface area contributed by atoms with E-state index in [0.717, 1.165) is 30.9 Å². The third kappa shape index (κ3) is 1.67. The number of epoxide rings is 1. The van der Waals surface area contributed by atoms with Crippen molar-refractivity contribution in [3.05, 3.63) is 41.1 Å². The predicted molar refractivity (Wildman–Crippen MR) is 98.2 cm³/mol. The minimum Gasteiger partial charge on any atom is -0.466 e. The number of rotatable bonds is 2. The number of piperidine rings is 1. The number of nitrogens with one attached hydrogen (secondary N) is 1. The molecule has 4 aliphatic heterocycles. The number of aliphatic hydroxyl groups is 1. The highest BCUT2D eigenvalue weighted by Crippen LogP contribution is 2.68. The van der Waals surface area contributed by atoms with Crippen LogP contribution in [0.25, 0.3) is 0 Å². The van der Waals surface area contributed by atoms with Crippen LogP contribution >= 0.6 is 0 Å². The maximum Gasteiger partial charge on any atom is 0.335 e. The zero-order chi connectivity index (χ0) is 18.6. The van der Waals surface area contributed by atoms with Gasteiger partial charge in [0.2, 0.25) is 0 Å². The van der Waals surface area contributed by atoms with E-state index < -0.39 is 11.5 Å². The van der Waals surface area contributed by atoms with Crippen LogP contribution in [0.2, 0.25) is 0 Å². The van der Waals surface area contributed by atoms with Crippen LogP contribution in [0.15, 0.2) is 35.5 Å². The molecule has 1 aromatic carbocycles. The van der Waals surface area contributed by atoms with Gasteiger partial charge >= 0.3 is 5.97 Å². The zero-order valence-corrected chi connectivity index (χ0v) is 15.6.